The molecule has 82 valence electrons. The smallest absolute Gasteiger partial charge is 0.288 e. The number of thioether (sulfide) groups is 1. The van der Waals surface area contributed by atoms with Gasteiger partial charge in [-0.15, -0.1) is 0 Å². The normalized spacial score (nSPS) is 21.1. The molecule has 1 aliphatic heterocycles. The van der Waals surface area contributed by atoms with Crippen LogP contribution in [0.3, 0.4) is 0 Å². The fourth-order valence-corrected chi connectivity index (χ4v) is 2.44. The number of hydrogen-bond acceptors (Lipinski definition) is 2. The van der Waals surface area contributed by atoms with Crippen molar-refractivity contribution in [1.82, 2.24) is 5.32 Å². The Kier molecular flexibility index (Phi) is 3.59. The Bertz CT molecular complexity index is 324. The summed E-state index contributed by atoms with van der Waals surface area (Å²) in [6.45, 7) is 1.02. The van der Waals surface area contributed by atoms with Gasteiger partial charge in [-0.25, -0.2) is 0 Å². The zero-order valence-electron chi connectivity index (χ0n) is 8.25. The highest BCUT2D eigenvalue weighted by molar-refractivity contribution is 7.99. The summed E-state index contributed by atoms with van der Waals surface area (Å²) in [6.07, 6.45) is 2.26. The Labute approximate surface area is 92.3 Å². The van der Waals surface area contributed by atoms with Crippen molar-refractivity contribution in [2.75, 3.05) is 6.54 Å². The van der Waals surface area contributed by atoms with E-state index in [0.29, 0.717) is 22.7 Å². The minimum Gasteiger partial charge on any atom is -0.310 e. The highest BCUT2D eigenvalue weighted by Gasteiger charge is 2.16. The predicted molar refractivity (Wildman–Crippen MR) is 58.3 cm³/mol. The molecule has 1 unspecified atom stereocenters. The Morgan fingerprint density at radius 1 is 1.40 bits per heavy atom. The van der Waals surface area contributed by atoms with E-state index in [1.54, 1.807) is 6.07 Å². The summed E-state index contributed by atoms with van der Waals surface area (Å²) in [6, 6.07) is 7.79. The number of benzene rings is 1. The lowest BCUT2D eigenvalue weighted by Gasteiger charge is -2.11. The van der Waals surface area contributed by atoms with Crippen molar-refractivity contribution in [3.8, 4) is 0 Å². The summed E-state index contributed by atoms with van der Waals surface area (Å²) in [7, 11) is 0. The van der Waals surface area contributed by atoms with Crippen LogP contribution in [0.5, 0.6) is 0 Å². The molecular formula is C11H13F2NS. The molecule has 0 spiro atoms. The molecule has 1 aliphatic rings. The minimum absolute atomic E-state index is 0.350. The second kappa shape index (κ2) is 4.94. The SMILES string of the molecule is FC(F)Sc1cccc(C2CCCN2)c1. The molecule has 0 amide bonds. The maximum Gasteiger partial charge on any atom is 0.288 e. The minimum atomic E-state index is -2.34. The number of hydrogen-bond donors (Lipinski definition) is 1. The van der Waals surface area contributed by atoms with Gasteiger partial charge in [0.05, 0.1) is 0 Å². The highest BCUT2D eigenvalue weighted by atomic mass is 32.2. The van der Waals surface area contributed by atoms with Gasteiger partial charge in [-0.3, -0.25) is 0 Å². The first-order chi connectivity index (χ1) is 7.25. The number of nitrogens with one attached hydrogen (secondary N) is 1. The second-order valence-corrected chi connectivity index (χ2v) is 4.66. The molecule has 1 atom stereocenters. The van der Waals surface area contributed by atoms with E-state index in [1.807, 2.05) is 18.2 Å². The number of rotatable bonds is 3. The monoisotopic (exact) mass is 229 g/mol. The molecule has 15 heavy (non-hydrogen) atoms. The molecule has 1 fully saturated rings. The van der Waals surface area contributed by atoms with Gasteiger partial charge >= 0.3 is 0 Å². The molecule has 0 aliphatic carbocycles. The van der Waals surface area contributed by atoms with E-state index in [-0.39, 0.29) is 0 Å². The molecule has 2 rings (SSSR count). The Balaban J connectivity index is 2.11. The van der Waals surface area contributed by atoms with Gasteiger partial charge in [0.1, 0.15) is 0 Å². The van der Waals surface area contributed by atoms with Crippen LogP contribution in [-0.4, -0.2) is 12.3 Å². The van der Waals surface area contributed by atoms with Crippen molar-refractivity contribution in [1.29, 1.82) is 0 Å². The quantitative estimate of drug-likeness (QED) is 0.797. The average molecular weight is 229 g/mol. The maximum atomic E-state index is 12.2. The van der Waals surface area contributed by atoms with E-state index in [0.717, 1.165) is 24.9 Å². The van der Waals surface area contributed by atoms with Gasteiger partial charge in [-0.05, 0) is 37.1 Å². The molecule has 1 nitrogen and oxygen atoms in total. The van der Waals surface area contributed by atoms with E-state index < -0.39 is 5.76 Å². The summed E-state index contributed by atoms with van der Waals surface area (Å²) < 4.78 is 24.4. The Morgan fingerprint density at radius 3 is 2.93 bits per heavy atom. The van der Waals surface area contributed by atoms with Crippen molar-refractivity contribution >= 4 is 11.8 Å². The largest absolute Gasteiger partial charge is 0.310 e. The van der Waals surface area contributed by atoms with E-state index >= 15 is 0 Å². The summed E-state index contributed by atoms with van der Waals surface area (Å²) in [5.41, 5.74) is 1.12. The lowest BCUT2D eigenvalue weighted by molar-refractivity contribution is 0.252. The standard InChI is InChI=1S/C11H13F2NS/c12-11(13)15-9-4-1-3-8(7-9)10-5-2-6-14-10/h1,3-4,7,10-11,14H,2,5-6H2. The zero-order valence-corrected chi connectivity index (χ0v) is 9.07. The van der Waals surface area contributed by atoms with Gasteiger partial charge in [-0.2, -0.15) is 8.78 Å². The van der Waals surface area contributed by atoms with Crippen LogP contribution >= 0.6 is 11.8 Å². The van der Waals surface area contributed by atoms with Crippen molar-refractivity contribution in [2.24, 2.45) is 0 Å². The van der Waals surface area contributed by atoms with Crippen LogP contribution in [0.25, 0.3) is 0 Å². The molecule has 1 aromatic rings. The van der Waals surface area contributed by atoms with Crippen molar-refractivity contribution in [3.05, 3.63) is 29.8 Å². The lowest BCUT2D eigenvalue weighted by Crippen LogP contribution is -2.12. The molecule has 1 heterocycles. The fraction of sp³-hybridized carbons (Fsp3) is 0.455. The first-order valence-corrected chi connectivity index (χ1v) is 5.92. The molecule has 1 N–H and O–H groups in total. The predicted octanol–water partition coefficient (Wildman–Crippen LogP) is 3.43. The topological polar surface area (TPSA) is 12.0 Å². The summed E-state index contributed by atoms with van der Waals surface area (Å²) in [5.74, 6) is -2.34. The molecule has 0 saturated carbocycles. The van der Waals surface area contributed by atoms with Crippen LogP contribution in [0.15, 0.2) is 29.2 Å². The van der Waals surface area contributed by atoms with Crippen LogP contribution in [-0.2, 0) is 0 Å². The van der Waals surface area contributed by atoms with Crippen molar-refractivity contribution in [3.63, 3.8) is 0 Å². The molecule has 0 aromatic heterocycles. The van der Waals surface area contributed by atoms with Gasteiger partial charge in [0.25, 0.3) is 5.76 Å². The number of alkyl halides is 2. The summed E-state index contributed by atoms with van der Waals surface area (Å²) in [5, 5.41) is 3.36. The van der Waals surface area contributed by atoms with E-state index in [4.69, 9.17) is 0 Å². The van der Waals surface area contributed by atoms with Crippen molar-refractivity contribution < 1.29 is 8.78 Å². The Hall–Kier alpha value is -0.610. The van der Waals surface area contributed by atoms with Crippen molar-refractivity contribution in [2.45, 2.75) is 29.5 Å². The number of halogens is 2. The second-order valence-electron chi connectivity index (χ2n) is 3.60. The molecule has 0 bridgehead atoms. The zero-order chi connectivity index (χ0) is 10.7. The van der Waals surface area contributed by atoms with Crippen LogP contribution in [0.4, 0.5) is 8.78 Å². The third kappa shape index (κ3) is 2.92. The summed E-state index contributed by atoms with van der Waals surface area (Å²) in [4.78, 5) is 0.649. The van der Waals surface area contributed by atoms with Gasteiger partial charge in [0, 0.05) is 10.9 Å². The van der Waals surface area contributed by atoms with Crippen LogP contribution in [0.1, 0.15) is 24.4 Å². The summed E-state index contributed by atoms with van der Waals surface area (Å²) >= 11 is 0.610. The molecule has 4 heteroatoms. The van der Waals surface area contributed by atoms with Gasteiger partial charge < -0.3 is 5.32 Å². The fourth-order valence-electron chi connectivity index (χ4n) is 1.88. The first-order valence-electron chi connectivity index (χ1n) is 5.04. The third-order valence-corrected chi connectivity index (χ3v) is 3.25. The molecule has 0 radical (unpaired) electrons. The molecular weight excluding hydrogens is 216 g/mol. The van der Waals surface area contributed by atoms with Crippen LogP contribution in [0.2, 0.25) is 0 Å². The van der Waals surface area contributed by atoms with Gasteiger partial charge in [0.2, 0.25) is 0 Å². The van der Waals surface area contributed by atoms with Crippen LogP contribution in [0, 0.1) is 0 Å². The Morgan fingerprint density at radius 2 is 2.27 bits per heavy atom. The average Bonchev–Trinajstić information content (AvgIpc) is 2.69. The lowest BCUT2D eigenvalue weighted by atomic mass is 10.1. The highest BCUT2D eigenvalue weighted by Crippen LogP contribution is 2.29. The van der Waals surface area contributed by atoms with E-state index in [1.165, 1.54) is 0 Å². The van der Waals surface area contributed by atoms with Crippen LogP contribution < -0.4 is 5.32 Å². The van der Waals surface area contributed by atoms with Gasteiger partial charge in [0.15, 0.2) is 0 Å². The maximum absolute atomic E-state index is 12.2. The molecule has 1 aromatic carbocycles. The molecule has 1 saturated heterocycles. The van der Waals surface area contributed by atoms with E-state index in [9.17, 15) is 8.78 Å². The van der Waals surface area contributed by atoms with Gasteiger partial charge in [-0.1, -0.05) is 23.9 Å². The third-order valence-electron chi connectivity index (χ3n) is 2.55. The first kappa shape index (κ1) is 10.9. The van der Waals surface area contributed by atoms with E-state index in [2.05, 4.69) is 5.32 Å².